The van der Waals surface area contributed by atoms with Gasteiger partial charge >= 0.3 is 0 Å². The molecule has 0 saturated heterocycles. The number of hydrogen-bond acceptors (Lipinski definition) is 2. The van der Waals surface area contributed by atoms with E-state index < -0.39 is 0 Å². The Hall–Kier alpha value is -1.19. The molecule has 0 aliphatic rings. The molecular formula is C15H13BrOS. The SMILES string of the molecule is Cc1csc(C=C(CC=O)c2ccc(Br)cc2)c1. The van der Waals surface area contributed by atoms with Crippen molar-refractivity contribution in [2.75, 3.05) is 0 Å². The van der Waals surface area contributed by atoms with E-state index in [1.54, 1.807) is 11.3 Å². The van der Waals surface area contributed by atoms with E-state index in [0.717, 1.165) is 21.9 Å². The lowest BCUT2D eigenvalue weighted by molar-refractivity contribution is -0.107. The number of carbonyl (C=O) groups excluding carboxylic acids is 1. The Morgan fingerprint density at radius 1 is 1.33 bits per heavy atom. The van der Waals surface area contributed by atoms with Gasteiger partial charge < -0.3 is 4.79 Å². The minimum absolute atomic E-state index is 0.443. The molecule has 0 unspecified atom stereocenters. The molecule has 0 amide bonds. The summed E-state index contributed by atoms with van der Waals surface area (Å²) in [4.78, 5) is 12.0. The largest absolute Gasteiger partial charge is 0.303 e. The lowest BCUT2D eigenvalue weighted by Crippen LogP contribution is -1.85. The lowest BCUT2D eigenvalue weighted by Gasteiger charge is -2.04. The fraction of sp³-hybridized carbons (Fsp3) is 0.133. The summed E-state index contributed by atoms with van der Waals surface area (Å²) in [6, 6.07) is 10.2. The third-order valence-electron chi connectivity index (χ3n) is 2.59. The van der Waals surface area contributed by atoms with Gasteiger partial charge in [-0.3, -0.25) is 0 Å². The number of halogens is 1. The Bertz CT molecular complexity index is 566. The highest BCUT2D eigenvalue weighted by Crippen LogP contribution is 2.25. The smallest absolute Gasteiger partial charge is 0.124 e. The van der Waals surface area contributed by atoms with Gasteiger partial charge in [0.15, 0.2) is 0 Å². The van der Waals surface area contributed by atoms with Crippen LogP contribution in [0.25, 0.3) is 11.6 Å². The van der Waals surface area contributed by atoms with Crippen LogP contribution in [0.2, 0.25) is 0 Å². The van der Waals surface area contributed by atoms with Crippen LogP contribution in [0.3, 0.4) is 0 Å². The molecule has 1 aromatic heterocycles. The maximum atomic E-state index is 10.8. The average Bonchev–Trinajstić information content (AvgIpc) is 2.75. The van der Waals surface area contributed by atoms with Crippen molar-refractivity contribution in [3.63, 3.8) is 0 Å². The summed E-state index contributed by atoms with van der Waals surface area (Å²) >= 11 is 5.12. The van der Waals surface area contributed by atoms with Gasteiger partial charge in [0, 0.05) is 15.8 Å². The monoisotopic (exact) mass is 320 g/mol. The number of aldehydes is 1. The molecule has 0 bridgehead atoms. The topological polar surface area (TPSA) is 17.1 Å². The summed E-state index contributed by atoms with van der Waals surface area (Å²) in [7, 11) is 0. The van der Waals surface area contributed by atoms with Crippen LogP contribution in [0.1, 0.15) is 22.4 Å². The second-order valence-electron chi connectivity index (χ2n) is 4.07. The van der Waals surface area contributed by atoms with E-state index in [2.05, 4.69) is 40.4 Å². The minimum atomic E-state index is 0.443. The Labute approximate surface area is 119 Å². The molecule has 1 heterocycles. The molecule has 0 aliphatic carbocycles. The molecule has 1 nitrogen and oxygen atoms in total. The number of benzene rings is 1. The van der Waals surface area contributed by atoms with Crippen LogP contribution in [0.4, 0.5) is 0 Å². The van der Waals surface area contributed by atoms with Crippen LogP contribution in [0.15, 0.2) is 40.2 Å². The van der Waals surface area contributed by atoms with Crippen LogP contribution < -0.4 is 0 Å². The second kappa shape index (κ2) is 6.12. The van der Waals surface area contributed by atoms with Crippen LogP contribution in [-0.2, 0) is 4.79 Å². The molecule has 92 valence electrons. The number of aryl methyl sites for hydroxylation is 1. The molecule has 0 atom stereocenters. The van der Waals surface area contributed by atoms with Gasteiger partial charge in [0.2, 0.25) is 0 Å². The number of rotatable bonds is 4. The van der Waals surface area contributed by atoms with Crippen molar-refractivity contribution < 1.29 is 4.79 Å². The Morgan fingerprint density at radius 2 is 2.06 bits per heavy atom. The van der Waals surface area contributed by atoms with Crippen molar-refractivity contribution in [3.8, 4) is 0 Å². The summed E-state index contributed by atoms with van der Waals surface area (Å²) < 4.78 is 1.05. The van der Waals surface area contributed by atoms with Gasteiger partial charge in [-0.25, -0.2) is 0 Å². The van der Waals surface area contributed by atoms with E-state index in [1.807, 2.05) is 24.3 Å². The van der Waals surface area contributed by atoms with Gasteiger partial charge in [0.05, 0.1) is 0 Å². The van der Waals surface area contributed by atoms with Crippen molar-refractivity contribution in [1.82, 2.24) is 0 Å². The number of carbonyl (C=O) groups is 1. The van der Waals surface area contributed by atoms with E-state index in [-0.39, 0.29) is 0 Å². The summed E-state index contributed by atoms with van der Waals surface area (Å²) in [5, 5.41) is 2.12. The van der Waals surface area contributed by atoms with Gasteiger partial charge in [-0.2, -0.15) is 0 Å². The number of hydrogen-bond donors (Lipinski definition) is 0. The third kappa shape index (κ3) is 3.40. The first-order chi connectivity index (χ1) is 8.69. The predicted molar refractivity (Wildman–Crippen MR) is 81.8 cm³/mol. The highest BCUT2D eigenvalue weighted by atomic mass is 79.9. The van der Waals surface area contributed by atoms with Crippen molar-refractivity contribution in [2.24, 2.45) is 0 Å². The zero-order valence-corrected chi connectivity index (χ0v) is 12.4. The van der Waals surface area contributed by atoms with Crippen molar-refractivity contribution in [2.45, 2.75) is 13.3 Å². The highest BCUT2D eigenvalue weighted by Gasteiger charge is 2.03. The summed E-state index contributed by atoms with van der Waals surface area (Å²) in [5.41, 5.74) is 3.41. The molecule has 0 fully saturated rings. The Kier molecular flexibility index (Phi) is 4.50. The first-order valence-electron chi connectivity index (χ1n) is 5.64. The summed E-state index contributed by atoms with van der Waals surface area (Å²) in [6.07, 6.45) is 3.49. The van der Waals surface area contributed by atoms with E-state index in [9.17, 15) is 4.79 Å². The lowest BCUT2D eigenvalue weighted by atomic mass is 10.0. The molecule has 1 aromatic carbocycles. The minimum Gasteiger partial charge on any atom is -0.303 e. The summed E-state index contributed by atoms with van der Waals surface area (Å²) in [6.45, 7) is 2.08. The van der Waals surface area contributed by atoms with E-state index >= 15 is 0 Å². The Balaban J connectivity index is 2.36. The third-order valence-corrected chi connectivity index (χ3v) is 4.11. The molecule has 18 heavy (non-hydrogen) atoms. The van der Waals surface area contributed by atoms with Crippen molar-refractivity contribution in [1.29, 1.82) is 0 Å². The fourth-order valence-electron chi connectivity index (χ4n) is 1.71. The number of allylic oxidation sites excluding steroid dienone is 1. The van der Waals surface area contributed by atoms with E-state index in [4.69, 9.17) is 0 Å². The molecule has 0 spiro atoms. The van der Waals surface area contributed by atoms with Crippen molar-refractivity contribution >= 4 is 45.2 Å². The van der Waals surface area contributed by atoms with Crippen LogP contribution in [0.5, 0.6) is 0 Å². The molecule has 0 saturated carbocycles. The van der Waals surface area contributed by atoms with Crippen molar-refractivity contribution in [3.05, 3.63) is 56.2 Å². The molecule has 2 aromatic rings. The Morgan fingerprint density at radius 3 is 2.61 bits per heavy atom. The zero-order valence-electron chi connectivity index (χ0n) is 10.0. The maximum absolute atomic E-state index is 10.8. The molecular weight excluding hydrogens is 308 g/mol. The quantitative estimate of drug-likeness (QED) is 0.728. The zero-order chi connectivity index (χ0) is 13.0. The molecule has 0 aliphatic heterocycles. The fourth-order valence-corrected chi connectivity index (χ4v) is 2.83. The highest BCUT2D eigenvalue weighted by molar-refractivity contribution is 9.10. The van der Waals surface area contributed by atoms with Gasteiger partial charge in [-0.15, -0.1) is 11.3 Å². The summed E-state index contributed by atoms with van der Waals surface area (Å²) in [5.74, 6) is 0. The average molecular weight is 321 g/mol. The normalized spacial score (nSPS) is 11.6. The maximum Gasteiger partial charge on any atom is 0.124 e. The predicted octanol–water partition coefficient (Wildman–Crippen LogP) is 4.95. The molecule has 0 radical (unpaired) electrons. The van der Waals surface area contributed by atoms with Gasteiger partial charge in [0.25, 0.3) is 0 Å². The number of thiophene rings is 1. The first-order valence-corrected chi connectivity index (χ1v) is 7.31. The standard InChI is InChI=1S/C15H13BrOS/c1-11-8-15(18-10-11)9-13(6-7-17)12-2-4-14(16)5-3-12/h2-5,7-10H,6H2,1H3. The van der Waals surface area contributed by atoms with Gasteiger partial charge in [0.1, 0.15) is 6.29 Å². The van der Waals surface area contributed by atoms with E-state index in [0.29, 0.717) is 6.42 Å². The van der Waals surface area contributed by atoms with Gasteiger partial charge in [-0.1, -0.05) is 28.1 Å². The van der Waals surface area contributed by atoms with Crippen LogP contribution in [-0.4, -0.2) is 6.29 Å². The van der Waals surface area contributed by atoms with Crippen LogP contribution in [0, 0.1) is 6.92 Å². The first kappa shape index (κ1) is 13.2. The van der Waals surface area contributed by atoms with Gasteiger partial charge in [-0.05, 0) is 53.3 Å². The second-order valence-corrected chi connectivity index (χ2v) is 5.93. The molecule has 0 N–H and O–H groups in total. The van der Waals surface area contributed by atoms with Crippen LogP contribution >= 0.6 is 27.3 Å². The molecule has 2 rings (SSSR count). The van der Waals surface area contributed by atoms with E-state index in [1.165, 1.54) is 10.4 Å². The molecule has 3 heteroatoms.